The molecule has 0 fully saturated rings. The second kappa shape index (κ2) is 9.50. The number of aromatic nitrogens is 5. The van der Waals surface area contributed by atoms with Crippen LogP contribution < -0.4 is 4.74 Å². The maximum Gasteiger partial charge on any atom is 0.167 e. The van der Waals surface area contributed by atoms with E-state index in [1.807, 2.05) is 97.2 Å². The van der Waals surface area contributed by atoms with Crippen molar-refractivity contribution in [1.82, 2.24) is 24.5 Å². The Bertz CT molecular complexity index is 1880. The Hall–Kier alpha value is -5.36. The number of hydrogen-bond donors (Lipinski definition) is 0. The highest BCUT2D eigenvalue weighted by Gasteiger charge is 2.20. The molecule has 6 heteroatoms. The highest BCUT2D eigenvalue weighted by atomic mass is 16.5. The first-order chi connectivity index (χ1) is 19.3. The van der Waals surface area contributed by atoms with Crippen LogP contribution in [0.15, 0.2) is 121 Å². The number of benzene rings is 4. The summed E-state index contributed by atoms with van der Waals surface area (Å²) in [7, 11) is 1.68. The number of methoxy groups -OCH3 is 1. The molecule has 3 aromatic heterocycles. The average Bonchev–Trinajstić information content (AvgIpc) is 3.34. The Morgan fingerprint density at radius 1 is 0.564 bits per heavy atom. The van der Waals surface area contributed by atoms with E-state index in [0.717, 1.165) is 44.3 Å². The summed E-state index contributed by atoms with van der Waals surface area (Å²) >= 11 is 0. The van der Waals surface area contributed by atoms with Crippen LogP contribution in [0.4, 0.5) is 0 Å². The van der Waals surface area contributed by atoms with Crippen LogP contribution in [0, 0.1) is 0 Å². The number of pyridine rings is 1. The molecule has 4 aromatic carbocycles. The van der Waals surface area contributed by atoms with Crippen molar-refractivity contribution in [1.29, 1.82) is 0 Å². The fraction of sp³-hybridized carbons (Fsp3) is 0.0303. The maximum absolute atomic E-state index is 5.95. The van der Waals surface area contributed by atoms with E-state index in [9.17, 15) is 0 Å². The molecule has 7 rings (SSSR count). The average molecular weight is 506 g/mol. The van der Waals surface area contributed by atoms with Crippen molar-refractivity contribution in [3.63, 3.8) is 0 Å². The molecule has 6 nitrogen and oxygen atoms in total. The highest BCUT2D eigenvalue weighted by molar-refractivity contribution is 6.11. The minimum Gasteiger partial charge on any atom is -0.496 e. The molecule has 0 N–H and O–H groups in total. The molecule has 3 heterocycles. The van der Waals surface area contributed by atoms with Crippen LogP contribution in [-0.2, 0) is 0 Å². The number of hydrogen-bond acceptors (Lipinski definition) is 5. The van der Waals surface area contributed by atoms with Crippen molar-refractivity contribution in [3.05, 3.63) is 121 Å². The lowest BCUT2D eigenvalue weighted by Crippen LogP contribution is -2.02. The van der Waals surface area contributed by atoms with Gasteiger partial charge in [-0.15, -0.1) is 0 Å². The molecule has 39 heavy (non-hydrogen) atoms. The summed E-state index contributed by atoms with van der Waals surface area (Å²) in [5, 5.41) is 2.18. The van der Waals surface area contributed by atoms with E-state index in [0.29, 0.717) is 23.2 Å². The van der Waals surface area contributed by atoms with Crippen molar-refractivity contribution in [2.75, 3.05) is 7.11 Å². The van der Waals surface area contributed by atoms with Crippen molar-refractivity contribution >= 4 is 21.8 Å². The highest BCUT2D eigenvalue weighted by Crippen LogP contribution is 2.39. The normalized spacial score (nSPS) is 11.2. The van der Waals surface area contributed by atoms with Crippen LogP contribution in [0.2, 0.25) is 0 Å². The summed E-state index contributed by atoms with van der Waals surface area (Å²) in [5.74, 6) is 3.29. The van der Waals surface area contributed by atoms with Crippen LogP contribution >= 0.6 is 0 Å². The first-order valence-corrected chi connectivity index (χ1v) is 12.7. The van der Waals surface area contributed by atoms with Gasteiger partial charge in [-0.2, -0.15) is 0 Å². The molecule has 0 aliphatic carbocycles. The van der Waals surface area contributed by atoms with Crippen molar-refractivity contribution in [2.24, 2.45) is 0 Å². The lowest BCUT2D eigenvalue weighted by molar-refractivity contribution is 0.416. The lowest BCUT2D eigenvalue weighted by Gasteiger charge is -2.12. The molecule has 186 valence electrons. The van der Waals surface area contributed by atoms with E-state index < -0.39 is 0 Å². The zero-order valence-corrected chi connectivity index (χ0v) is 21.2. The van der Waals surface area contributed by atoms with Crippen molar-refractivity contribution < 1.29 is 4.74 Å². The molecule has 0 bridgehead atoms. The molecule has 0 aliphatic rings. The standard InChI is InChI=1S/C33H23N5O/c1-39-29-21-28-25(24-16-8-9-17-27(24)38(28)30-18-10-11-19-34-30)20-26(29)33-36-31(22-12-4-2-5-13-22)35-32(37-33)23-14-6-3-7-15-23/h2-21H,1H3. The van der Waals surface area contributed by atoms with E-state index in [4.69, 9.17) is 19.7 Å². The molecule has 0 spiro atoms. The number of fused-ring (bicyclic) bond motifs is 3. The van der Waals surface area contributed by atoms with E-state index in [1.165, 1.54) is 0 Å². The van der Waals surface area contributed by atoms with Gasteiger partial charge >= 0.3 is 0 Å². The smallest absolute Gasteiger partial charge is 0.167 e. The molecule has 0 unspecified atom stereocenters. The summed E-state index contributed by atoms with van der Waals surface area (Å²) in [4.78, 5) is 19.3. The molecule has 0 atom stereocenters. The Labute approximate surface area is 225 Å². The zero-order chi connectivity index (χ0) is 26.2. The second-order valence-electron chi connectivity index (χ2n) is 9.15. The number of rotatable bonds is 5. The van der Waals surface area contributed by atoms with Gasteiger partial charge in [0.15, 0.2) is 17.5 Å². The van der Waals surface area contributed by atoms with Gasteiger partial charge in [0.05, 0.1) is 23.7 Å². The summed E-state index contributed by atoms with van der Waals surface area (Å²) in [5.41, 5.74) is 4.70. The van der Waals surface area contributed by atoms with Gasteiger partial charge in [-0.05, 0) is 24.3 Å². The summed E-state index contributed by atoms with van der Waals surface area (Å²) in [6.45, 7) is 0. The third kappa shape index (κ3) is 3.99. The third-order valence-electron chi connectivity index (χ3n) is 6.81. The molecule has 0 saturated heterocycles. The molecular weight excluding hydrogens is 482 g/mol. The fourth-order valence-electron chi connectivity index (χ4n) is 5.00. The van der Waals surface area contributed by atoms with Crippen LogP contribution in [0.3, 0.4) is 0 Å². The Morgan fingerprint density at radius 3 is 1.82 bits per heavy atom. The predicted molar refractivity (Wildman–Crippen MR) is 155 cm³/mol. The largest absolute Gasteiger partial charge is 0.496 e. The van der Waals surface area contributed by atoms with Gasteiger partial charge in [-0.1, -0.05) is 84.9 Å². The zero-order valence-electron chi connectivity index (χ0n) is 21.2. The van der Waals surface area contributed by atoms with Gasteiger partial charge in [0.1, 0.15) is 11.6 Å². The van der Waals surface area contributed by atoms with Gasteiger partial charge in [0, 0.05) is 34.2 Å². The predicted octanol–water partition coefficient (Wildman–Crippen LogP) is 7.37. The van der Waals surface area contributed by atoms with Crippen molar-refractivity contribution in [3.8, 4) is 45.7 Å². The molecule has 0 aliphatic heterocycles. The lowest BCUT2D eigenvalue weighted by atomic mass is 10.1. The Balaban J connectivity index is 1.52. The van der Waals surface area contributed by atoms with E-state index >= 15 is 0 Å². The quantitative estimate of drug-likeness (QED) is 0.244. The minimum atomic E-state index is 0.552. The molecule has 7 aromatic rings. The molecule has 0 radical (unpaired) electrons. The summed E-state index contributed by atoms with van der Waals surface area (Å²) < 4.78 is 8.11. The Morgan fingerprint density at radius 2 is 1.18 bits per heavy atom. The number of ether oxygens (including phenoxy) is 1. The van der Waals surface area contributed by atoms with Gasteiger partial charge in [0.25, 0.3) is 0 Å². The number of nitrogens with zero attached hydrogens (tertiary/aromatic N) is 5. The molecular formula is C33H23N5O. The third-order valence-corrected chi connectivity index (χ3v) is 6.81. The first kappa shape index (κ1) is 22.8. The van der Waals surface area contributed by atoms with E-state index in [1.54, 1.807) is 7.11 Å². The van der Waals surface area contributed by atoms with Gasteiger partial charge in [-0.3, -0.25) is 4.57 Å². The van der Waals surface area contributed by atoms with Crippen molar-refractivity contribution in [2.45, 2.75) is 0 Å². The summed E-state index contributed by atoms with van der Waals surface area (Å²) in [6.07, 6.45) is 1.81. The second-order valence-corrected chi connectivity index (χ2v) is 9.15. The van der Waals surface area contributed by atoms with Crippen LogP contribution in [0.5, 0.6) is 5.75 Å². The minimum absolute atomic E-state index is 0.552. The van der Waals surface area contributed by atoms with Gasteiger partial charge in [0.2, 0.25) is 0 Å². The number of para-hydroxylation sites is 1. The van der Waals surface area contributed by atoms with Crippen LogP contribution in [0.25, 0.3) is 61.8 Å². The molecule has 0 saturated carbocycles. The summed E-state index contributed by atoms with van der Waals surface area (Å²) in [6, 6.07) is 38.4. The monoisotopic (exact) mass is 505 g/mol. The van der Waals surface area contributed by atoms with Gasteiger partial charge < -0.3 is 4.74 Å². The molecule has 0 amide bonds. The fourth-order valence-corrected chi connectivity index (χ4v) is 5.00. The van der Waals surface area contributed by atoms with E-state index in [2.05, 4.69) is 33.8 Å². The Kier molecular flexibility index (Phi) is 5.56. The van der Waals surface area contributed by atoms with E-state index in [-0.39, 0.29) is 0 Å². The van der Waals surface area contributed by atoms with Crippen LogP contribution in [-0.4, -0.2) is 31.6 Å². The van der Waals surface area contributed by atoms with Gasteiger partial charge in [-0.25, -0.2) is 19.9 Å². The maximum atomic E-state index is 5.95. The van der Waals surface area contributed by atoms with Crippen LogP contribution in [0.1, 0.15) is 0 Å². The SMILES string of the molecule is COc1cc2c(cc1-c1nc(-c3ccccc3)nc(-c3ccccc3)n1)c1ccccc1n2-c1ccccn1. The first-order valence-electron chi connectivity index (χ1n) is 12.7. The topological polar surface area (TPSA) is 65.7 Å².